The van der Waals surface area contributed by atoms with Crippen molar-refractivity contribution in [3.8, 4) is 5.75 Å². The Morgan fingerprint density at radius 1 is 0.875 bits per heavy atom. The average Bonchev–Trinajstić information content (AvgIpc) is 3.03. The molecule has 32 heavy (non-hydrogen) atoms. The zero-order chi connectivity index (χ0) is 22.7. The van der Waals surface area contributed by atoms with Gasteiger partial charge in [-0.25, -0.2) is 4.90 Å². The molecular weight excluding hydrogens is 418 g/mol. The lowest BCUT2D eigenvalue weighted by atomic mass is 9.98. The third-order valence-corrected chi connectivity index (χ3v) is 6.31. The maximum Gasteiger partial charge on any atom is 0.273 e. The summed E-state index contributed by atoms with van der Waals surface area (Å²) in [5.41, 5.74) is 3.76. The van der Waals surface area contributed by atoms with Crippen molar-refractivity contribution in [2.45, 2.75) is 32.1 Å². The Morgan fingerprint density at radius 2 is 1.59 bits per heavy atom. The van der Waals surface area contributed by atoms with Crippen LogP contribution in [0.2, 0.25) is 0 Å². The first-order valence-corrected chi connectivity index (χ1v) is 11.5. The van der Waals surface area contributed by atoms with Gasteiger partial charge in [-0.05, 0) is 55.7 Å². The number of carbonyl (C=O) groups excluding carboxylic acids is 2. The van der Waals surface area contributed by atoms with Crippen LogP contribution in [-0.2, 0) is 9.59 Å². The van der Waals surface area contributed by atoms with Crippen LogP contribution in [0.25, 0.3) is 5.57 Å². The zero-order valence-corrected chi connectivity index (χ0v) is 19.2. The van der Waals surface area contributed by atoms with E-state index in [9.17, 15) is 9.59 Å². The standard InChI is InChI=1S/C27H25NO3S/c1-4-16-31-23-13-9-8-12-22(23)28-26(29)24(21-15-14-18(2)17-19(21)3)25(27(28)30)32-20-10-6-5-7-11-20/h5-15,17H,4,16H2,1-3H3. The summed E-state index contributed by atoms with van der Waals surface area (Å²) in [6.45, 7) is 6.51. The van der Waals surface area contributed by atoms with Crippen LogP contribution in [0.3, 0.4) is 0 Å². The second kappa shape index (κ2) is 9.45. The number of aryl methyl sites for hydroxylation is 2. The molecule has 0 radical (unpaired) electrons. The van der Waals surface area contributed by atoms with Gasteiger partial charge in [0.15, 0.2) is 0 Å². The van der Waals surface area contributed by atoms with Gasteiger partial charge in [0.05, 0.1) is 22.8 Å². The molecule has 2 amide bonds. The Bertz CT molecular complexity index is 1200. The Hall–Kier alpha value is -3.31. The summed E-state index contributed by atoms with van der Waals surface area (Å²) in [6.07, 6.45) is 0.831. The SMILES string of the molecule is CCCOc1ccccc1N1C(=O)C(Sc2ccccc2)=C(c2ccc(C)cc2C)C1=O. The van der Waals surface area contributed by atoms with Crippen LogP contribution in [0.15, 0.2) is 82.6 Å². The molecule has 0 aliphatic carbocycles. The minimum atomic E-state index is -0.327. The van der Waals surface area contributed by atoms with Crippen molar-refractivity contribution in [2.75, 3.05) is 11.5 Å². The van der Waals surface area contributed by atoms with Gasteiger partial charge in [0.2, 0.25) is 0 Å². The molecule has 0 aromatic heterocycles. The summed E-state index contributed by atoms with van der Waals surface area (Å²) in [4.78, 5) is 30.0. The number of hydrogen-bond acceptors (Lipinski definition) is 4. The smallest absolute Gasteiger partial charge is 0.273 e. The van der Waals surface area contributed by atoms with Crippen LogP contribution < -0.4 is 9.64 Å². The molecule has 0 fully saturated rings. The number of amides is 2. The van der Waals surface area contributed by atoms with E-state index >= 15 is 0 Å². The van der Waals surface area contributed by atoms with Crippen LogP contribution in [0, 0.1) is 13.8 Å². The number of carbonyl (C=O) groups is 2. The van der Waals surface area contributed by atoms with E-state index in [0.717, 1.165) is 28.0 Å². The Balaban J connectivity index is 1.84. The van der Waals surface area contributed by atoms with Crippen LogP contribution in [-0.4, -0.2) is 18.4 Å². The molecule has 0 unspecified atom stereocenters. The minimum Gasteiger partial charge on any atom is -0.491 e. The van der Waals surface area contributed by atoms with Crippen molar-refractivity contribution in [3.05, 3.63) is 94.4 Å². The van der Waals surface area contributed by atoms with Crippen molar-refractivity contribution < 1.29 is 14.3 Å². The fourth-order valence-electron chi connectivity index (χ4n) is 3.74. The molecule has 1 aliphatic rings. The number of rotatable bonds is 7. The molecule has 0 saturated carbocycles. The quantitative estimate of drug-likeness (QED) is 0.410. The first-order chi connectivity index (χ1) is 15.5. The van der Waals surface area contributed by atoms with E-state index in [1.165, 1.54) is 16.7 Å². The van der Waals surface area contributed by atoms with E-state index in [-0.39, 0.29) is 11.8 Å². The lowest BCUT2D eigenvalue weighted by molar-refractivity contribution is -0.119. The highest BCUT2D eigenvalue weighted by Gasteiger charge is 2.42. The monoisotopic (exact) mass is 443 g/mol. The topological polar surface area (TPSA) is 46.6 Å². The number of ether oxygens (including phenoxy) is 1. The summed E-state index contributed by atoms with van der Waals surface area (Å²) in [5.74, 6) is -0.124. The summed E-state index contributed by atoms with van der Waals surface area (Å²) in [7, 11) is 0. The third-order valence-electron chi connectivity index (χ3n) is 5.22. The summed E-state index contributed by atoms with van der Waals surface area (Å²) in [5, 5.41) is 0. The summed E-state index contributed by atoms with van der Waals surface area (Å²) < 4.78 is 5.86. The highest BCUT2D eigenvalue weighted by atomic mass is 32.2. The molecule has 4 rings (SSSR count). The van der Waals surface area contributed by atoms with Gasteiger partial charge in [-0.3, -0.25) is 9.59 Å². The third kappa shape index (κ3) is 4.21. The molecule has 0 atom stereocenters. The molecule has 162 valence electrons. The van der Waals surface area contributed by atoms with E-state index in [1.807, 2.05) is 81.4 Å². The normalized spacial score (nSPS) is 13.8. The van der Waals surface area contributed by atoms with Crippen molar-refractivity contribution in [1.29, 1.82) is 0 Å². The molecule has 4 nitrogen and oxygen atoms in total. The lowest BCUT2D eigenvalue weighted by Crippen LogP contribution is -2.31. The van der Waals surface area contributed by atoms with Crippen molar-refractivity contribution in [2.24, 2.45) is 0 Å². The van der Waals surface area contributed by atoms with Gasteiger partial charge in [-0.1, -0.05) is 72.8 Å². The van der Waals surface area contributed by atoms with Crippen molar-refractivity contribution >= 4 is 34.8 Å². The lowest BCUT2D eigenvalue weighted by Gasteiger charge is -2.19. The Morgan fingerprint density at radius 3 is 2.31 bits per heavy atom. The minimum absolute atomic E-state index is 0.326. The molecule has 0 bridgehead atoms. The molecule has 3 aromatic carbocycles. The number of para-hydroxylation sites is 2. The fraction of sp³-hybridized carbons (Fsp3) is 0.185. The fourth-order valence-corrected chi connectivity index (χ4v) is 4.74. The largest absolute Gasteiger partial charge is 0.491 e. The van der Waals surface area contributed by atoms with Gasteiger partial charge in [0.25, 0.3) is 11.8 Å². The number of hydrogen-bond donors (Lipinski definition) is 0. The van der Waals surface area contributed by atoms with Crippen LogP contribution >= 0.6 is 11.8 Å². The van der Waals surface area contributed by atoms with E-state index in [1.54, 1.807) is 12.1 Å². The van der Waals surface area contributed by atoms with Gasteiger partial charge < -0.3 is 4.74 Å². The maximum absolute atomic E-state index is 13.8. The molecule has 0 N–H and O–H groups in total. The summed E-state index contributed by atoms with van der Waals surface area (Å²) in [6, 6.07) is 22.8. The molecule has 1 heterocycles. The van der Waals surface area contributed by atoms with Crippen LogP contribution in [0.1, 0.15) is 30.0 Å². The second-order valence-electron chi connectivity index (χ2n) is 7.70. The zero-order valence-electron chi connectivity index (χ0n) is 18.4. The number of thioether (sulfide) groups is 1. The summed E-state index contributed by atoms with van der Waals surface area (Å²) >= 11 is 1.33. The predicted molar refractivity (Wildman–Crippen MR) is 130 cm³/mol. The van der Waals surface area contributed by atoms with Gasteiger partial charge in [0, 0.05) is 4.90 Å². The van der Waals surface area contributed by atoms with Crippen LogP contribution in [0.4, 0.5) is 5.69 Å². The van der Waals surface area contributed by atoms with E-state index in [0.29, 0.717) is 28.5 Å². The molecular formula is C27H25NO3S. The average molecular weight is 444 g/mol. The first kappa shape index (κ1) is 21.9. The Labute approximate surface area is 192 Å². The molecule has 1 aliphatic heterocycles. The van der Waals surface area contributed by atoms with Crippen molar-refractivity contribution in [1.82, 2.24) is 0 Å². The number of nitrogens with zero attached hydrogens (tertiary/aromatic N) is 1. The van der Waals surface area contributed by atoms with Gasteiger partial charge in [-0.15, -0.1) is 0 Å². The van der Waals surface area contributed by atoms with E-state index in [2.05, 4.69) is 0 Å². The first-order valence-electron chi connectivity index (χ1n) is 10.7. The van der Waals surface area contributed by atoms with Crippen molar-refractivity contribution in [3.63, 3.8) is 0 Å². The molecule has 0 spiro atoms. The second-order valence-corrected chi connectivity index (χ2v) is 8.78. The number of benzene rings is 3. The number of anilines is 1. The highest BCUT2D eigenvalue weighted by molar-refractivity contribution is 8.04. The predicted octanol–water partition coefficient (Wildman–Crippen LogP) is 6.17. The highest BCUT2D eigenvalue weighted by Crippen LogP contribution is 2.44. The number of imide groups is 1. The maximum atomic E-state index is 13.8. The van der Waals surface area contributed by atoms with Gasteiger partial charge >= 0.3 is 0 Å². The van der Waals surface area contributed by atoms with Gasteiger partial charge in [0.1, 0.15) is 5.75 Å². The van der Waals surface area contributed by atoms with E-state index < -0.39 is 0 Å². The Kier molecular flexibility index (Phi) is 6.47. The van der Waals surface area contributed by atoms with Crippen LogP contribution in [0.5, 0.6) is 5.75 Å². The van der Waals surface area contributed by atoms with Gasteiger partial charge in [-0.2, -0.15) is 0 Å². The molecule has 0 saturated heterocycles. The molecule has 3 aromatic rings. The molecule has 5 heteroatoms. The van der Waals surface area contributed by atoms with E-state index in [4.69, 9.17) is 4.74 Å².